The molecule has 21 heavy (non-hydrogen) atoms. The van der Waals surface area contributed by atoms with Crippen molar-refractivity contribution in [3.8, 4) is 0 Å². The van der Waals surface area contributed by atoms with Gasteiger partial charge in [-0.3, -0.25) is 0 Å². The zero-order valence-electron chi connectivity index (χ0n) is 10.8. The molecule has 3 atom stereocenters. The van der Waals surface area contributed by atoms with Crippen molar-refractivity contribution in [1.82, 2.24) is 0 Å². The van der Waals surface area contributed by atoms with Crippen LogP contribution in [-0.2, 0) is 17.1 Å². The first-order chi connectivity index (χ1) is 9.54. The smallest absolute Gasteiger partial charge is 0.366 e. The Morgan fingerprint density at radius 2 is 1.48 bits per heavy atom. The van der Waals surface area contributed by atoms with Crippen molar-refractivity contribution in [1.29, 1.82) is 0 Å². The van der Waals surface area contributed by atoms with Gasteiger partial charge in [-0.15, -0.1) is 0 Å². The molecule has 1 saturated heterocycles. The highest BCUT2D eigenvalue weighted by Gasteiger charge is 2.45. The minimum absolute atomic E-state index is 0.0837. The van der Waals surface area contributed by atoms with Gasteiger partial charge in [0.25, 0.3) is 0 Å². The van der Waals surface area contributed by atoms with Crippen molar-refractivity contribution in [2.75, 3.05) is 0 Å². The fraction of sp³-hybridized carbons (Fsp3) is 0.538. The van der Waals surface area contributed by atoms with E-state index < -0.39 is 41.8 Å². The second-order valence-corrected chi connectivity index (χ2v) is 4.85. The van der Waals surface area contributed by atoms with Crippen molar-refractivity contribution in [2.24, 2.45) is 0 Å². The molecular formula is C13H12F6O2. The Labute approximate surface area is 116 Å². The SMILES string of the molecule is CCC(c1cc(C(F)(F)F)cc(C(F)(F)F)c1)C1OC1O. The number of alkyl halides is 6. The van der Waals surface area contributed by atoms with E-state index >= 15 is 0 Å². The summed E-state index contributed by atoms with van der Waals surface area (Å²) in [4.78, 5) is 0. The van der Waals surface area contributed by atoms with E-state index in [0.717, 1.165) is 0 Å². The minimum Gasteiger partial charge on any atom is -0.366 e. The summed E-state index contributed by atoms with van der Waals surface area (Å²) >= 11 is 0. The number of aliphatic hydroxyl groups excluding tert-OH is 1. The highest BCUT2D eigenvalue weighted by molar-refractivity contribution is 5.36. The van der Waals surface area contributed by atoms with E-state index in [1.54, 1.807) is 6.92 Å². The van der Waals surface area contributed by atoms with Gasteiger partial charge in [-0.1, -0.05) is 6.92 Å². The zero-order valence-corrected chi connectivity index (χ0v) is 10.8. The highest BCUT2D eigenvalue weighted by atomic mass is 19.4. The van der Waals surface area contributed by atoms with E-state index in [1.165, 1.54) is 0 Å². The minimum atomic E-state index is -4.88. The van der Waals surface area contributed by atoms with Crippen molar-refractivity contribution in [2.45, 2.75) is 44.0 Å². The van der Waals surface area contributed by atoms with Crippen LogP contribution in [0, 0.1) is 0 Å². The molecule has 2 nitrogen and oxygen atoms in total. The van der Waals surface area contributed by atoms with E-state index in [4.69, 9.17) is 4.74 Å². The second kappa shape index (κ2) is 5.17. The third-order valence-corrected chi connectivity index (χ3v) is 3.38. The van der Waals surface area contributed by atoms with Crippen molar-refractivity contribution >= 4 is 0 Å². The maximum atomic E-state index is 12.7. The molecule has 0 saturated carbocycles. The Morgan fingerprint density at radius 1 is 1.05 bits per heavy atom. The fourth-order valence-corrected chi connectivity index (χ4v) is 2.26. The topological polar surface area (TPSA) is 32.8 Å². The van der Waals surface area contributed by atoms with Gasteiger partial charge in [0.15, 0.2) is 6.29 Å². The van der Waals surface area contributed by atoms with Crippen LogP contribution in [-0.4, -0.2) is 17.5 Å². The molecule has 1 N–H and O–H groups in total. The average Bonchev–Trinajstić information content (AvgIpc) is 3.04. The van der Waals surface area contributed by atoms with Gasteiger partial charge in [0, 0.05) is 5.92 Å². The van der Waals surface area contributed by atoms with Gasteiger partial charge in [-0.05, 0) is 30.2 Å². The normalized spacial score (nSPS) is 24.0. The van der Waals surface area contributed by atoms with Gasteiger partial charge in [0.05, 0.1) is 11.1 Å². The van der Waals surface area contributed by atoms with Gasteiger partial charge in [-0.25, -0.2) is 0 Å². The number of benzene rings is 1. The highest BCUT2D eigenvalue weighted by Crippen LogP contribution is 2.42. The number of epoxide rings is 1. The van der Waals surface area contributed by atoms with Gasteiger partial charge >= 0.3 is 12.4 Å². The Kier molecular flexibility index (Phi) is 3.96. The summed E-state index contributed by atoms with van der Waals surface area (Å²) in [6, 6.07) is 1.44. The van der Waals surface area contributed by atoms with Crippen LogP contribution in [0.25, 0.3) is 0 Å². The summed E-state index contributed by atoms with van der Waals surface area (Å²) in [5.41, 5.74) is -2.86. The Bertz CT molecular complexity index is 490. The van der Waals surface area contributed by atoms with E-state index in [1.807, 2.05) is 0 Å². The molecule has 118 valence electrons. The van der Waals surface area contributed by atoms with Gasteiger partial charge in [0.2, 0.25) is 0 Å². The van der Waals surface area contributed by atoms with Crippen LogP contribution in [0.5, 0.6) is 0 Å². The number of aliphatic hydroxyl groups is 1. The standard InChI is InChI=1S/C13H12F6O2/c1-2-9(10-11(20)21-10)6-3-7(12(14,15)16)5-8(4-6)13(17,18)19/h3-5,9-11,20H,2H2,1H3. The van der Waals surface area contributed by atoms with Gasteiger partial charge in [-0.2, -0.15) is 26.3 Å². The zero-order chi connectivity index (χ0) is 16.0. The van der Waals surface area contributed by atoms with Crippen LogP contribution in [0.1, 0.15) is 36.0 Å². The first-order valence-electron chi connectivity index (χ1n) is 6.17. The molecule has 0 spiro atoms. The summed E-state index contributed by atoms with van der Waals surface area (Å²) in [5.74, 6) is -0.719. The number of rotatable bonds is 3. The lowest BCUT2D eigenvalue weighted by molar-refractivity contribution is -0.143. The largest absolute Gasteiger partial charge is 0.416 e. The molecule has 0 bridgehead atoms. The Hall–Kier alpha value is -1.28. The molecule has 1 aromatic carbocycles. The molecule has 8 heteroatoms. The van der Waals surface area contributed by atoms with Gasteiger partial charge < -0.3 is 9.84 Å². The molecule has 0 radical (unpaired) electrons. The second-order valence-electron chi connectivity index (χ2n) is 4.85. The molecule has 3 unspecified atom stereocenters. The maximum absolute atomic E-state index is 12.7. The molecular weight excluding hydrogens is 302 g/mol. The Balaban J connectivity index is 2.49. The summed E-state index contributed by atoms with van der Waals surface area (Å²) < 4.78 is 81.3. The number of ether oxygens (including phenoxy) is 1. The predicted octanol–water partition coefficient (Wildman–Crippen LogP) is 3.94. The first kappa shape index (κ1) is 16.1. The number of hydrogen-bond acceptors (Lipinski definition) is 2. The van der Waals surface area contributed by atoms with E-state index in [-0.39, 0.29) is 18.1 Å². The van der Waals surface area contributed by atoms with Crippen LogP contribution in [0.2, 0.25) is 0 Å². The van der Waals surface area contributed by atoms with Gasteiger partial charge in [0.1, 0.15) is 6.10 Å². The molecule has 1 fully saturated rings. The monoisotopic (exact) mass is 314 g/mol. The van der Waals surface area contributed by atoms with Crippen molar-refractivity contribution in [3.63, 3.8) is 0 Å². The number of halogens is 6. The summed E-state index contributed by atoms with van der Waals surface area (Å²) in [6.07, 6.45) is -11.4. The lowest BCUT2D eigenvalue weighted by Gasteiger charge is -2.18. The van der Waals surface area contributed by atoms with E-state index in [9.17, 15) is 31.4 Å². The molecule has 0 aliphatic carbocycles. The lowest BCUT2D eigenvalue weighted by Crippen LogP contribution is -2.15. The van der Waals surface area contributed by atoms with E-state index in [2.05, 4.69) is 0 Å². The quantitative estimate of drug-likeness (QED) is 0.677. The van der Waals surface area contributed by atoms with Crippen LogP contribution in [0.15, 0.2) is 18.2 Å². The number of hydrogen-bond donors (Lipinski definition) is 1. The van der Waals surface area contributed by atoms with Crippen LogP contribution in [0.3, 0.4) is 0 Å². The summed E-state index contributed by atoms with van der Waals surface area (Å²) in [6.45, 7) is 1.60. The molecule has 1 aromatic rings. The van der Waals surface area contributed by atoms with Crippen molar-refractivity contribution < 1.29 is 36.2 Å². The molecule has 0 aromatic heterocycles. The third kappa shape index (κ3) is 3.49. The maximum Gasteiger partial charge on any atom is 0.416 e. The Morgan fingerprint density at radius 3 is 1.76 bits per heavy atom. The molecule has 2 rings (SSSR count). The lowest BCUT2D eigenvalue weighted by atomic mass is 9.90. The first-order valence-corrected chi connectivity index (χ1v) is 6.17. The van der Waals surface area contributed by atoms with E-state index in [0.29, 0.717) is 12.1 Å². The van der Waals surface area contributed by atoms with Crippen LogP contribution >= 0.6 is 0 Å². The summed E-state index contributed by atoms with van der Waals surface area (Å²) in [7, 11) is 0. The fourth-order valence-electron chi connectivity index (χ4n) is 2.26. The molecule has 1 aliphatic rings. The van der Waals surface area contributed by atoms with Crippen LogP contribution < -0.4 is 0 Å². The third-order valence-electron chi connectivity index (χ3n) is 3.38. The molecule has 1 heterocycles. The molecule has 0 amide bonds. The average molecular weight is 314 g/mol. The summed E-state index contributed by atoms with van der Waals surface area (Å²) in [5, 5.41) is 9.18. The molecule has 1 aliphatic heterocycles. The van der Waals surface area contributed by atoms with Crippen molar-refractivity contribution in [3.05, 3.63) is 34.9 Å². The van der Waals surface area contributed by atoms with Crippen LogP contribution in [0.4, 0.5) is 26.3 Å². The predicted molar refractivity (Wildman–Crippen MR) is 60.4 cm³/mol.